The molecule has 0 saturated heterocycles. The highest BCUT2D eigenvalue weighted by molar-refractivity contribution is 5.98. The average Bonchev–Trinajstić information content (AvgIpc) is 2.94. The molecule has 106 valence electrons. The summed E-state index contributed by atoms with van der Waals surface area (Å²) >= 11 is 0. The summed E-state index contributed by atoms with van der Waals surface area (Å²) in [5.41, 5.74) is 2.59. The number of Topliss-reactive ketones (excluding diaryl/α,β-unsaturated/α-hetero) is 1. The first-order valence-electron chi connectivity index (χ1n) is 7.15. The number of carbonyl (C=O) groups excluding carboxylic acids is 1. The number of aromatic nitrogens is 3. The van der Waals surface area contributed by atoms with Crippen molar-refractivity contribution in [2.75, 3.05) is 0 Å². The number of nitrogens with zero attached hydrogens (tertiary/aromatic N) is 3. The van der Waals surface area contributed by atoms with Gasteiger partial charge in [0.2, 0.25) is 0 Å². The lowest BCUT2D eigenvalue weighted by Crippen LogP contribution is -2.09. The first kappa shape index (κ1) is 14.4. The van der Waals surface area contributed by atoms with E-state index in [1.54, 1.807) is 18.5 Å². The summed E-state index contributed by atoms with van der Waals surface area (Å²) in [7, 11) is 0. The Morgan fingerprint density at radius 2 is 2.15 bits per heavy atom. The van der Waals surface area contributed by atoms with Gasteiger partial charge in [0.05, 0.1) is 12.1 Å². The number of carbonyl (C=O) groups is 1. The first-order chi connectivity index (χ1) is 9.65. The normalized spacial score (nSPS) is 12.3. The second-order valence-corrected chi connectivity index (χ2v) is 5.03. The summed E-state index contributed by atoms with van der Waals surface area (Å²) in [5, 5.41) is 4.48. The predicted molar refractivity (Wildman–Crippen MR) is 78.9 cm³/mol. The van der Waals surface area contributed by atoms with Gasteiger partial charge in [-0.2, -0.15) is 5.10 Å². The fourth-order valence-electron chi connectivity index (χ4n) is 2.14. The van der Waals surface area contributed by atoms with E-state index >= 15 is 0 Å². The van der Waals surface area contributed by atoms with Crippen molar-refractivity contribution >= 4 is 5.78 Å². The van der Waals surface area contributed by atoms with Gasteiger partial charge in [0.15, 0.2) is 5.78 Å². The number of hydrogen-bond donors (Lipinski definition) is 0. The van der Waals surface area contributed by atoms with Gasteiger partial charge >= 0.3 is 0 Å². The fourth-order valence-corrected chi connectivity index (χ4v) is 2.14. The molecule has 0 saturated carbocycles. The molecule has 20 heavy (non-hydrogen) atoms. The lowest BCUT2D eigenvalue weighted by atomic mass is 10.0. The molecule has 2 aromatic rings. The van der Waals surface area contributed by atoms with Crippen molar-refractivity contribution in [3.8, 4) is 0 Å². The van der Waals surface area contributed by atoms with Gasteiger partial charge in [-0.3, -0.25) is 14.5 Å². The monoisotopic (exact) mass is 271 g/mol. The molecule has 0 aliphatic rings. The summed E-state index contributed by atoms with van der Waals surface area (Å²) in [6, 6.07) is 4.09. The van der Waals surface area contributed by atoms with Crippen LogP contribution in [0.1, 0.15) is 54.8 Å². The second-order valence-electron chi connectivity index (χ2n) is 5.03. The van der Waals surface area contributed by atoms with Gasteiger partial charge in [0.1, 0.15) is 0 Å². The molecule has 4 heteroatoms. The van der Waals surface area contributed by atoms with Crippen LogP contribution in [0.2, 0.25) is 0 Å². The zero-order chi connectivity index (χ0) is 14.5. The SMILES string of the molecule is CCc1cnccc1C(=O)Cc1ccn(C(C)CC)n1. The van der Waals surface area contributed by atoms with Crippen molar-refractivity contribution in [2.45, 2.75) is 46.1 Å². The second kappa shape index (κ2) is 6.46. The van der Waals surface area contributed by atoms with E-state index in [2.05, 4.69) is 23.9 Å². The third kappa shape index (κ3) is 3.13. The van der Waals surface area contributed by atoms with Crippen molar-refractivity contribution in [1.82, 2.24) is 14.8 Å². The van der Waals surface area contributed by atoms with E-state index in [1.807, 2.05) is 23.9 Å². The van der Waals surface area contributed by atoms with Crippen molar-refractivity contribution in [2.24, 2.45) is 0 Å². The summed E-state index contributed by atoms with van der Waals surface area (Å²) in [4.78, 5) is 16.4. The van der Waals surface area contributed by atoms with Crippen LogP contribution in [0.3, 0.4) is 0 Å². The molecule has 0 amide bonds. The largest absolute Gasteiger partial charge is 0.294 e. The molecule has 2 aromatic heterocycles. The van der Waals surface area contributed by atoms with Crippen LogP contribution in [0.4, 0.5) is 0 Å². The maximum atomic E-state index is 12.4. The maximum Gasteiger partial charge on any atom is 0.169 e. The minimum absolute atomic E-state index is 0.110. The van der Waals surface area contributed by atoms with Crippen molar-refractivity contribution in [3.63, 3.8) is 0 Å². The van der Waals surface area contributed by atoms with Gasteiger partial charge in [-0.1, -0.05) is 13.8 Å². The molecule has 0 spiro atoms. The van der Waals surface area contributed by atoms with Gasteiger partial charge < -0.3 is 0 Å². The molecule has 1 atom stereocenters. The quantitative estimate of drug-likeness (QED) is 0.758. The van der Waals surface area contributed by atoms with Crippen LogP contribution in [0.15, 0.2) is 30.7 Å². The Hall–Kier alpha value is -1.97. The Balaban J connectivity index is 2.13. The van der Waals surface area contributed by atoms with E-state index in [0.29, 0.717) is 12.5 Å². The predicted octanol–water partition coefficient (Wildman–Crippen LogP) is 3.24. The van der Waals surface area contributed by atoms with E-state index in [9.17, 15) is 4.79 Å². The Morgan fingerprint density at radius 1 is 1.35 bits per heavy atom. The van der Waals surface area contributed by atoms with E-state index in [4.69, 9.17) is 0 Å². The van der Waals surface area contributed by atoms with Crippen LogP contribution in [-0.4, -0.2) is 20.5 Å². The fraction of sp³-hybridized carbons (Fsp3) is 0.438. The zero-order valence-corrected chi connectivity index (χ0v) is 12.3. The summed E-state index contributed by atoms with van der Waals surface area (Å²) in [6.07, 6.45) is 7.58. The minimum Gasteiger partial charge on any atom is -0.294 e. The van der Waals surface area contributed by atoms with Crippen LogP contribution in [0, 0.1) is 0 Å². The standard InChI is InChI=1S/C16H21N3O/c1-4-12(3)19-9-7-14(18-19)10-16(20)15-6-8-17-11-13(15)5-2/h6-9,11-12H,4-5,10H2,1-3H3. The number of hydrogen-bond acceptors (Lipinski definition) is 3. The molecule has 0 radical (unpaired) electrons. The molecule has 0 aromatic carbocycles. The molecule has 1 unspecified atom stereocenters. The highest BCUT2D eigenvalue weighted by Crippen LogP contribution is 2.13. The van der Waals surface area contributed by atoms with Crippen molar-refractivity contribution < 1.29 is 4.79 Å². The zero-order valence-electron chi connectivity index (χ0n) is 12.3. The summed E-state index contributed by atoms with van der Waals surface area (Å²) in [5.74, 6) is 0.110. The lowest BCUT2D eigenvalue weighted by Gasteiger charge is -2.08. The van der Waals surface area contributed by atoms with E-state index in [0.717, 1.165) is 29.7 Å². The number of rotatable bonds is 6. The highest BCUT2D eigenvalue weighted by atomic mass is 16.1. The van der Waals surface area contributed by atoms with Crippen LogP contribution in [0.5, 0.6) is 0 Å². The lowest BCUT2D eigenvalue weighted by molar-refractivity contribution is 0.0990. The molecule has 2 heterocycles. The van der Waals surface area contributed by atoms with Crippen molar-refractivity contribution in [3.05, 3.63) is 47.5 Å². The first-order valence-corrected chi connectivity index (χ1v) is 7.15. The van der Waals surface area contributed by atoms with Gasteiger partial charge in [-0.25, -0.2) is 0 Å². The Labute approximate surface area is 119 Å². The molecular formula is C16H21N3O. The summed E-state index contributed by atoms with van der Waals surface area (Å²) < 4.78 is 1.93. The molecule has 4 nitrogen and oxygen atoms in total. The van der Waals surface area contributed by atoms with E-state index < -0.39 is 0 Å². The van der Waals surface area contributed by atoms with Crippen LogP contribution in [0.25, 0.3) is 0 Å². The number of ketones is 1. The molecule has 0 N–H and O–H groups in total. The molecule has 0 aliphatic heterocycles. The average molecular weight is 271 g/mol. The van der Waals surface area contributed by atoms with Gasteiger partial charge in [0.25, 0.3) is 0 Å². The van der Waals surface area contributed by atoms with E-state index in [-0.39, 0.29) is 5.78 Å². The highest BCUT2D eigenvalue weighted by Gasteiger charge is 2.13. The molecule has 2 rings (SSSR count). The minimum atomic E-state index is 0.110. The smallest absolute Gasteiger partial charge is 0.169 e. The molecule has 0 fully saturated rings. The topological polar surface area (TPSA) is 47.8 Å². The maximum absolute atomic E-state index is 12.4. The van der Waals surface area contributed by atoms with E-state index in [1.165, 1.54) is 0 Å². The van der Waals surface area contributed by atoms with Gasteiger partial charge in [-0.15, -0.1) is 0 Å². The van der Waals surface area contributed by atoms with Gasteiger partial charge in [-0.05, 0) is 37.5 Å². The third-order valence-electron chi connectivity index (χ3n) is 3.63. The molecule has 0 bridgehead atoms. The van der Waals surface area contributed by atoms with Crippen molar-refractivity contribution in [1.29, 1.82) is 0 Å². The number of pyridine rings is 1. The van der Waals surface area contributed by atoms with Crippen LogP contribution >= 0.6 is 0 Å². The molecular weight excluding hydrogens is 250 g/mol. The third-order valence-corrected chi connectivity index (χ3v) is 3.63. The van der Waals surface area contributed by atoms with Crippen LogP contribution < -0.4 is 0 Å². The Morgan fingerprint density at radius 3 is 2.85 bits per heavy atom. The van der Waals surface area contributed by atoms with Gasteiger partial charge in [0, 0.05) is 30.2 Å². The summed E-state index contributed by atoms with van der Waals surface area (Å²) in [6.45, 7) is 6.28. The van der Waals surface area contributed by atoms with Crippen LogP contribution in [-0.2, 0) is 12.8 Å². The molecule has 0 aliphatic carbocycles. The number of aryl methyl sites for hydroxylation is 1. The Bertz CT molecular complexity index is 589. The Kier molecular flexibility index (Phi) is 4.66.